The molecule has 0 amide bonds. The van der Waals surface area contributed by atoms with E-state index in [0.29, 0.717) is 6.54 Å². The second-order valence-electron chi connectivity index (χ2n) is 5.21. The molecule has 1 unspecified atom stereocenters. The minimum Gasteiger partial charge on any atom is -0.366 e. The molecular weight excluding hydrogens is 312 g/mol. The van der Waals surface area contributed by atoms with Gasteiger partial charge in [-0.25, -0.2) is 0 Å². The number of likely N-dealkylation sites (N-methyl/N-ethyl adjacent to an activating group) is 1. The average molecular weight is 333 g/mol. The predicted molar refractivity (Wildman–Crippen MR) is 90.3 cm³/mol. The van der Waals surface area contributed by atoms with Crippen LogP contribution in [0.2, 0.25) is 0 Å². The maximum Gasteiger partial charge on any atom is 0.0661 e. The largest absolute Gasteiger partial charge is 0.366 e. The number of nitrogens with two attached hydrogens (primary N) is 1. The molecule has 2 N–H and O–H groups in total. The lowest BCUT2D eigenvalue weighted by molar-refractivity contribution is 0.680. The number of benzene rings is 2. The van der Waals surface area contributed by atoms with Crippen molar-refractivity contribution in [1.29, 1.82) is 0 Å². The van der Waals surface area contributed by atoms with Crippen molar-refractivity contribution < 1.29 is 0 Å². The van der Waals surface area contributed by atoms with Gasteiger partial charge in [0.2, 0.25) is 0 Å². The molecule has 2 aromatic rings. The number of halogens is 1. The van der Waals surface area contributed by atoms with Gasteiger partial charge in [-0.15, -0.1) is 0 Å². The summed E-state index contributed by atoms with van der Waals surface area (Å²) in [6, 6.07) is 15.1. The highest BCUT2D eigenvalue weighted by molar-refractivity contribution is 9.10. The molecule has 2 rings (SSSR count). The van der Waals surface area contributed by atoms with E-state index in [1.54, 1.807) is 0 Å². The fourth-order valence-electron chi connectivity index (χ4n) is 2.42. The third-order valence-corrected chi connectivity index (χ3v) is 4.56. The highest BCUT2D eigenvalue weighted by atomic mass is 79.9. The molecule has 0 aliphatic heterocycles. The van der Waals surface area contributed by atoms with E-state index >= 15 is 0 Å². The average Bonchev–Trinajstić information content (AvgIpc) is 2.43. The van der Waals surface area contributed by atoms with Crippen molar-refractivity contribution in [3.63, 3.8) is 0 Å². The van der Waals surface area contributed by atoms with Gasteiger partial charge < -0.3 is 10.6 Å². The minimum absolute atomic E-state index is 0.184. The summed E-state index contributed by atoms with van der Waals surface area (Å²) in [7, 11) is 2.10. The first-order valence-corrected chi connectivity index (χ1v) is 7.58. The number of hydrogen-bond donors (Lipinski definition) is 1. The van der Waals surface area contributed by atoms with Crippen molar-refractivity contribution in [2.75, 3.05) is 18.5 Å². The number of rotatable bonds is 4. The van der Waals surface area contributed by atoms with Gasteiger partial charge in [0.1, 0.15) is 0 Å². The van der Waals surface area contributed by atoms with Crippen molar-refractivity contribution in [1.82, 2.24) is 0 Å². The second-order valence-corrected chi connectivity index (χ2v) is 6.06. The molecule has 3 heteroatoms. The van der Waals surface area contributed by atoms with Crippen molar-refractivity contribution in [3.8, 4) is 0 Å². The molecule has 1 atom stereocenters. The third kappa shape index (κ3) is 3.22. The van der Waals surface area contributed by atoms with Crippen molar-refractivity contribution in [3.05, 3.63) is 63.6 Å². The molecular formula is C17H21BrN2. The van der Waals surface area contributed by atoms with Gasteiger partial charge in [0.25, 0.3) is 0 Å². The predicted octanol–water partition coefficient (Wildman–Crippen LogP) is 4.20. The second kappa shape index (κ2) is 6.42. The first kappa shape index (κ1) is 15.1. The maximum absolute atomic E-state index is 6.02. The van der Waals surface area contributed by atoms with E-state index in [1.807, 2.05) is 0 Å². The topological polar surface area (TPSA) is 29.3 Å². The van der Waals surface area contributed by atoms with E-state index in [-0.39, 0.29) is 6.04 Å². The summed E-state index contributed by atoms with van der Waals surface area (Å²) < 4.78 is 1.13. The van der Waals surface area contributed by atoms with Crippen LogP contribution in [0.4, 0.5) is 5.69 Å². The standard InChI is InChI=1S/C17H21BrN2/c1-12-5-4-6-15(9-12)20(3)17(11-19)14-7-8-16(18)13(2)10-14/h4-10,17H,11,19H2,1-3H3. The zero-order chi connectivity index (χ0) is 14.7. The summed E-state index contributed by atoms with van der Waals surface area (Å²) in [6.07, 6.45) is 0. The fraction of sp³-hybridized carbons (Fsp3) is 0.294. The molecule has 0 aliphatic rings. The van der Waals surface area contributed by atoms with Crippen LogP contribution in [-0.2, 0) is 0 Å². The molecule has 20 heavy (non-hydrogen) atoms. The van der Waals surface area contributed by atoms with Crippen LogP contribution in [0, 0.1) is 13.8 Å². The number of hydrogen-bond acceptors (Lipinski definition) is 2. The Bertz CT molecular complexity index is 595. The highest BCUT2D eigenvalue weighted by Gasteiger charge is 2.16. The Kier molecular flexibility index (Phi) is 4.84. The van der Waals surface area contributed by atoms with E-state index < -0.39 is 0 Å². The Balaban J connectivity index is 2.33. The molecule has 0 spiro atoms. The van der Waals surface area contributed by atoms with Crippen LogP contribution in [0.5, 0.6) is 0 Å². The van der Waals surface area contributed by atoms with Gasteiger partial charge in [0.15, 0.2) is 0 Å². The Labute approximate surface area is 129 Å². The Hall–Kier alpha value is -1.32. The lowest BCUT2D eigenvalue weighted by Gasteiger charge is -2.30. The van der Waals surface area contributed by atoms with Crippen LogP contribution < -0.4 is 10.6 Å². The summed E-state index contributed by atoms with van der Waals surface area (Å²) in [6.45, 7) is 4.80. The first-order chi connectivity index (χ1) is 9.52. The van der Waals surface area contributed by atoms with Crippen molar-refractivity contribution in [2.24, 2.45) is 5.73 Å². The minimum atomic E-state index is 0.184. The van der Waals surface area contributed by atoms with Crippen LogP contribution in [0.25, 0.3) is 0 Å². The van der Waals surface area contributed by atoms with Gasteiger partial charge in [-0.2, -0.15) is 0 Å². The van der Waals surface area contributed by atoms with E-state index in [4.69, 9.17) is 5.73 Å². The molecule has 0 aromatic heterocycles. The third-order valence-electron chi connectivity index (χ3n) is 3.67. The van der Waals surface area contributed by atoms with Gasteiger partial charge in [-0.05, 0) is 48.7 Å². The summed E-state index contributed by atoms with van der Waals surface area (Å²) in [5.74, 6) is 0. The lowest BCUT2D eigenvalue weighted by Crippen LogP contribution is -2.30. The molecule has 0 fully saturated rings. The zero-order valence-corrected chi connectivity index (χ0v) is 13.8. The van der Waals surface area contributed by atoms with Crippen LogP contribution in [0.3, 0.4) is 0 Å². The molecule has 2 aromatic carbocycles. The van der Waals surface area contributed by atoms with Gasteiger partial charge in [0, 0.05) is 23.8 Å². The van der Waals surface area contributed by atoms with E-state index in [9.17, 15) is 0 Å². The van der Waals surface area contributed by atoms with Crippen LogP contribution in [-0.4, -0.2) is 13.6 Å². The van der Waals surface area contributed by atoms with Crippen LogP contribution in [0.1, 0.15) is 22.7 Å². The molecule has 0 aliphatic carbocycles. The van der Waals surface area contributed by atoms with Gasteiger partial charge >= 0.3 is 0 Å². The first-order valence-electron chi connectivity index (χ1n) is 6.78. The number of aryl methyl sites for hydroxylation is 2. The summed E-state index contributed by atoms with van der Waals surface area (Å²) in [4.78, 5) is 2.25. The van der Waals surface area contributed by atoms with Crippen LogP contribution >= 0.6 is 15.9 Å². The fourth-order valence-corrected chi connectivity index (χ4v) is 2.67. The van der Waals surface area contributed by atoms with Crippen molar-refractivity contribution >= 4 is 21.6 Å². The molecule has 2 nitrogen and oxygen atoms in total. The van der Waals surface area contributed by atoms with Crippen LogP contribution in [0.15, 0.2) is 46.9 Å². The monoisotopic (exact) mass is 332 g/mol. The van der Waals surface area contributed by atoms with Gasteiger partial charge in [-0.1, -0.05) is 40.2 Å². The SMILES string of the molecule is Cc1cccc(N(C)C(CN)c2ccc(Br)c(C)c2)c1. The lowest BCUT2D eigenvalue weighted by atomic mass is 10.0. The highest BCUT2D eigenvalue weighted by Crippen LogP contribution is 2.28. The molecule has 0 radical (unpaired) electrons. The normalized spacial score (nSPS) is 12.2. The molecule has 0 bridgehead atoms. The summed E-state index contributed by atoms with van der Waals surface area (Å²) in [5, 5.41) is 0. The Morgan fingerprint density at radius 3 is 2.50 bits per heavy atom. The van der Waals surface area contributed by atoms with E-state index in [1.165, 1.54) is 22.4 Å². The van der Waals surface area contributed by atoms with Gasteiger partial charge in [0.05, 0.1) is 6.04 Å². The quantitative estimate of drug-likeness (QED) is 0.908. The molecule has 0 saturated heterocycles. The Morgan fingerprint density at radius 1 is 1.15 bits per heavy atom. The number of anilines is 1. The maximum atomic E-state index is 6.02. The Morgan fingerprint density at radius 2 is 1.90 bits per heavy atom. The van der Waals surface area contributed by atoms with Gasteiger partial charge in [-0.3, -0.25) is 0 Å². The number of nitrogens with zero attached hydrogens (tertiary/aromatic N) is 1. The summed E-state index contributed by atoms with van der Waals surface area (Å²) >= 11 is 3.55. The zero-order valence-electron chi connectivity index (χ0n) is 12.2. The molecule has 0 heterocycles. The summed E-state index contributed by atoms with van der Waals surface area (Å²) in [5.41, 5.74) is 11.0. The van der Waals surface area contributed by atoms with E-state index in [2.05, 4.69) is 84.2 Å². The van der Waals surface area contributed by atoms with Crippen molar-refractivity contribution in [2.45, 2.75) is 19.9 Å². The molecule has 0 saturated carbocycles. The molecule has 106 valence electrons. The smallest absolute Gasteiger partial charge is 0.0661 e. The van der Waals surface area contributed by atoms with E-state index in [0.717, 1.165) is 4.47 Å².